The molecule has 3 N–H and O–H groups in total. The minimum Gasteiger partial charge on any atom is -0.380 e. The highest BCUT2D eigenvalue weighted by Crippen LogP contribution is 2.33. The summed E-state index contributed by atoms with van der Waals surface area (Å²) in [6.07, 6.45) is -0.621. The summed E-state index contributed by atoms with van der Waals surface area (Å²) in [5, 5.41) is 15.2. The van der Waals surface area contributed by atoms with Crippen LogP contribution in [0.15, 0.2) is 54.6 Å². The Morgan fingerprint density at radius 1 is 0.884 bits per heavy atom. The first-order chi connectivity index (χ1) is 20.7. The molecule has 2 saturated heterocycles. The lowest BCUT2D eigenvalue weighted by molar-refractivity contribution is -0.131. The smallest absolute Gasteiger partial charge is 0.264 e. The van der Waals surface area contributed by atoms with Crippen molar-refractivity contribution in [1.29, 1.82) is 0 Å². The molecule has 3 aromatic rings. The predicted octanol–water partition coefficient (Wildman–Crippen LogP) is 3.23. The quantitative estimate of drug-likeness (QED) is 0.362. The number of benzene rings is 3. The Labute approximate surface area is 245 Å². The Kier molecular flexibility index (Phi) is 7.80. The number of halogens is 3. The van der Waals surface area contributed by atoms with Crippen LogP contribution in [0.4, 0.5) is 24.5 Å². The van der Waals surface area contributed by atoms with E-state index in [1.54, 1.807) is 24.3 Å². The molecule has 6 rings (SSSR count). The highest BCUT2D eigenvalue weighted by molar-refractivity contribution is 6.25. The van der Waals surface area contributed by atoms with Crippen molar-refractivity contribution in [2.24, 2.45) is 0 Å². The molecule has 3 amide bonds. The van der Waals surface area contributed by atoms with Crippen LogP contribution in [0.25, 0.3) is 0 Å². The van der Waals surface area contributed by atoms with E-state index in [2.05, 4.69) is 15.5 Å². The molecule has 0 bridgehead atoms. The number of aliphatic hydroxyl groups is 1. The zero-order valence-corrected chi connectivity index (χ0v) is 23.2. The van der Waals surface area contributed by atoms with Crippen LogP contribution in [0.2, 0.25) is 0 Å². The number of anilines is 2. The van der Waals surface area contributed by atoms with E-state index in [0.29, 0.717) is 55.2 Å². The van der Waals surface area contributed by atoms with Gasteiger partial charge in [0, 0.05) is 56.6 Å². The van der Waals surface area contributed by atoms with Crippen molar-refractivity contribution >= 4 is 29.1 Å². The highest BCUT2D eigenvalue weighted by atomic mass is 19.1. The van der Waals surface area contributed by atoms with Gasteiger partial charge in [0.05, 0.1) is 16.8 Å². The second kappa shape index (κ2) is 11.7. The van der Waals surface area contributed by atoms with Gasteiger partial charge in [0.25, 0.3) is 11.8 Å². The van der Waals surface area contributed by atoms with Crippen LogP contribution in [-0.4, -0.2) is 71.1 Å². The van der Waals surface area contributed by atoms with E-state index in [-0.39, 0.29) is 36.3 Å². The van der Waals surface area contributed by atoms with Gasteiger partial charge in [-0.15, -0.1) is 0 Å². The number of rotatable bonds is 7. The van der Waals surface area contributed by atoms with Gasteiger partial charge in [0.15, 0.2) is 0 Å². The molecule has 0 saturated carbocycles. The summed E-state index contributed by atoms with van der Waals surface area (Å²) < 4.78 is 42.5. The van der Waals surface area contributed by atoms with Crippen LogP contribution in [-0.2, 0) is 17.9 Å². The molecule has 0 aromatic heterocycles. The second-order valence-corrected chi connectivity index (χ2v) is 11.0. The number of carbonyl (C=O) groups is 3. The average molecular weight is 594 g/mol. The number of amides is 3. The van der Waals surface area contributed by atoms with E-state index in [9.17, 15) is 28.3 Å². The third-order valence-corrected chi connectivity index (χ3v) is 8.20. The number of hydrogen-bond donors (Lipinski definition) is 3. The third kappa shape index (κ3) is 5.67. The SMILES string of the molecule is O=C1NC(O)CCC1N1C(=O)c2cccc(NCc3ccc(CN4CCN(c5ccc(F)cc5F)CC4)c(F)c3)c2C1=O. The summed E-state index contributed by atoms with van der Waals surface area (Å²) in [5.41, 5.74) is 2.23. The van der Waals surface area contributed by atoms with Gasteiger partial charge in [-0.1, -0.05) is 18.2 Å². The Balaban J connectivity index is 1.08. The zero-order chi connectivity index (χ0) is 30.2. The molecule has 3 aliphatic heterocycles. The lowest BCUT2D eigenvalue weighted by Gasteiger charge is -2.36. The Bertz CT molecular complexity index is 1590. The molecule has 3 aromatic carbocycles. The standard InChI is InChI=1S/C31H30F3N5O4/c32-20-6-7-25(23(34)15-20)38-12-10-37(11-13-38)17-19-5-4-18(14-22(19)33)16-35-24-3-1-2-21-28(24)31(43)39(30(21)42)26-8-9-27(40)36-29(26)41/h1-7,14-15,26-27,35,40H,8-13,16-17H2,(H,36,41). The largest absolute Gasteiger partial charge is 0.380 e. The van der Waals surface area contributed by atoms with E-state index in [1.807, 2.05) is 4.90 Å². The van der Waals surface area contributed by atoms with Crippen molar-refractivity contribution in [3.63, 3.8) is 0 Å². The van der Waals surface area contributed by atoms with E-state index in [0.717, 1.165) is 11.0 Å². The van der Waals surface area contributed by atoms with Crippen molar-refractivity contribution in [3.8, 4) is 0 Å². The summed E-state index contributed by atoms with van der Waals surface area (Å²) in [6, 6.07) is 12.3. The first-order valence-electron chi connectivity index (χ1n) is 14.1. The first-order valence-corrected chi connectivity index (χ1v) is 14.1. The fourth-order valence-corrected chi connectivity index (χ4v) is 5.91. The minimum absolute atomic E-state index is 0.156. The van der Waals surface area contributed by atoms with E-state index in [4.69, 9.17) is 0 Å². The Morgan fingerprint density at radius 3 is 2.40 bits per heavy atom. The summed E-state index contributed by atoms with van der Waals surface area (Å²) >= 11 is 0. The van der Waals surface area contributed by atoms with Crippen LogP contribution in [0, 0.1) is 17.5 Å². The van der Waals surface area contributed by atoms with E-state index < -0.39 is 41.6 Å². The summed E-state index contributed by atoms with van der Waals surface area (Å²) in [6.45, 7) is 2.80. The maximum atomic E-state index is 15.1. The number of piperidine rings is 1. The summed E-state index contributed by atoms with van der Waals surface area (Å²) in [5.74, 6) is -3.35. The average Bonchev–Trinajstić information content (AvgIpc) is 3.23. The Morgan fingerprint density at radius 2 is 1.67 bits per heavy atom. The minimum atomic E-state index is -1.01. The summed E-state index contributed by atoms with van der Waals surface area (Å²) in [4.78, 5) is 43.7. The molecule has 0 aliphatic carbocycles. The molecule has 0 spiro atoms. The van der Waals surface area contributed by atoms with Gasteiger partial charge in [-0.25, -0.2) is 13.2 Å². The number of piperazine rings is 1. The van der Waals surface area contributed by atoms with Crippen molar-refractivity contribution in [3.05, 3.63) is 94.3 Å². The van der Waals surface area contributed by atoms with Crippen molar-refractivity contribution in [2.75, 3.05) is 36.4 Å². The van der Waals surface area contributed by atoms with Crippen LogP contribution >= 0.6 is 0 Å². The van der Waals surface area contributed by atoms with E-state index in [1.165, 1.54) is 24.3 Å². The van der Waals surface area contributed by atoms with Crippen molar-refractivity contribution < 1.29 is 32.7 Å². The molecular formula is C31H30F3N5O4. The van der Waals surface area contributed by atoms with Gasteiger partial charge in [-0.2, -0.15) is 0 Å². The maximum absolute atomic E-state index is 15.1. The number of carbonyl (C=O) groups excluding carboxylic acids is 3. The molecule has 2 fully saturated rings. The second-order valence-electron chi connectivity index (χ2n) is 11.0. The molecule has 2 atom stereocenters. The van der Waals surface area contributed by atoms with Gasteiger partial charge in [0.2, 0.25) is 5.91 Å². The Hall–Kier alpha value is -4.42. The zero-order valence-electron chi connectivity index (χ0n) is 23.2. The van der Waals surface area contributed by atoms with Crippen molar-refractivity contribution in [2.45, 2.75) is 38.2 Å². The number of nitrogens with one attached hydrogen (secondary N) is 2. The molecule has 224 valence electrons. The number of aliphatic hydroxyl groups excluding tert-OH is 1. The topological polar surface area (TPSA) is 105 Å². The number of nitrogens with zero attached hydrogens (tertiary/aromatic N) is 3. The number of fused-ring (bicyclic) bond motifs is 1. The van der Waals surface area contributed by atoms with Crippen molar-refractivity contribution in [1.82, 2.24) is 15.1 Å². The fraction of sp³-hybridized carbons (Fsp3) is 0.323. The lowest BCUT2D eigenvalue weighted by atomic mass is 10.0. The molecule has 2 unspecified atom stereocenters. The normalized spacial score (nSPS) is 20.8. The van der Waals surface area contributed by atoms with Gasteiger partial charge < -0.3 is 20.6 Å². The lowest BCUT2D eigenvalue weighted by Crippen LogP contribution is -2.55. The van der Waals surface area contributed by atoms with Crippen LogP contribution in [0.3, 0.4) is 0 Å². The van der Waals surface area contributed by atoms with Crippen LogP contribution in [0.1, 0.15) is 44.7 Å². The third-order valence-electron chi connectivity index (χ3n) is 8.20. The molecule has 9 nitrogen and oxygen atoms in total. The fourth-order valence-electron chi connectivity index (χ4n) is 5.91. The molecular weight excluding hydrogens is 563 g/mol. The van der Waals surface area contributed by atoms with Gasteiger partial charge in [-0.05, 0) is 48.7 Å². The molecule has 43 heavy (non-hydrogen) atoms. The number of imide groups is 1. The molecule has 3 aliphatic rings. The van der Waals surface area contributed by atoms with Crippen LogP contribution in [0.5, 0.6) is 0 Å². The summed E-state index contributed by atoms with van der Waals surface area (Å²) in [7, 11) is 0. The highest BCUT2D eigenvalue weighted by Gasteiger charge is 2.45. The van der Waals surface area contributed by atoms with Gasteiger partial charge >= 0.3 is 0 Å². The molecule has 0 radical (unpaired) electrons. The van der Waals surface area contributed by atoms with Gasteiger partial charge in [-0.3, -0.25) is 24.2 Å². The van der Waals surface area contributed by atoms with Crippen LogP contribution < -0.4 is 15.5 Å². The first kappa shape index (κ1) is 28.7. The number of hydrogen-bond acceptors (Lipinski definition) is 7. The maximum Gasteiger partial charge on any atom is 0.264 e. The van der Waals surface area contributed by atoms with E-state index >= 15 is 4.39 Å². The monoisotopic (exact) mass is 593 g/mol. The molecule has 12 heteroatoms. The predicted molar refractivity (Wildman–Crippen MR) is 152 cm³/mol. The van der Waals surface area contributed by atoms with Gasteiger partial charge in [0.1, 0.15) is 29.7 Å². The molecule has 3 heterocycles.